The maximum absolute atomic E-state index is 12.1. The van der Waals surface area contributed by atoms with E-state index in [1.807, 2.05) is 20.2 Å². The van der Waals surface area contributed by atoms with Gasteiger partial charge in [0.2, 0.25) is 0 Å². The molecule has 0 fully saturated rings. The molecule has 2 heterocycles. The zero-order valence-corrected chi connectivity index (χ0v) is 12.3. The molecule has 0 atom stereocenters. The smallest absolute Gasteiger partial charge is 0.253 e. The number of carbonyl (C=O) groups excluding carboxylic acids is 1. The van der Waals surface area contributed by atoms with Gasteiger partial charge in [-0.05, 0) is 13.0 Å². The number of hydrogen-bond donors (Lipinski definition) is 2. The molecule has 6 nitrogen and oxygen atoms in total. The van der Waals surface area contributed by atoms with E-state index < -0.39 is 0 Å². The fourth-order valence-corrected chi connectivity index (χ4v) is 2.03. The first kappa shape index (κ1) is 14.3. The highest BCUT2D eigenvalue weighted by atomic mass is 35.5. The number of nitrogens with zero attached hydrogens (tertiary/aromatic N) is 3. The van der Waals surface area contributed by atoms with Crippen LogP contribution in [0.4, 0.5) is 5.82 Å². The maximum atomic E-state index is 12.1. The lowest BCUT2D eigenvalue weighted by Crippen LogP contribution is -2.23. The van der Waals surface area contributed by atoms with E-state index in [-0.39, 0.29) is 5.91 Å². The third kappa shape index (κ3) is 3.08. The Morgan fingerprint density at radius 3 is 2.85 bits per heavy atom. The Morgan fingerprint density at radius 2 is 2.25 bits per heavy atom. The molecule has 0 unspecified atom stereocenters. The summed E-state index contributed by atoms with van der Waals surface area (Å²) in [4.78, 5) is 16.2. The van der Waals surface area contributed by atoms with Gasteiger partial charge in [-0.3, -0.25) is 9.48 Å². The van der Waals surface area contributed by atoms with Crippen molar-refractivity contribution in [2.24, 2.45) is 7.05 Å². The quantitative estimate of drug-likeness (QED) is 0.901. The molecule has 2 aromatic rings. The van der Waals surface area contributed by atoms with Crippen molar-refractivity contribution in [1.29, 1.82) is 0 Å². The molecule has 0 aromatic carbocycles. The predicted molar refractivity (Wildman–Crippen MR) is 77.9 cm³/mol. The largest absolute Gasteiger partial charge is 0.373 e. The number of hydrogen-bond acceptors (Lipinski definition) is 4. The molecule has 20 heavy (non-hydrogen) atoms. The molecule has 7 heteroatoms. The van der Waals surface area contributed by atoms with Crippen LogP contribution >= 0.6 is 11.6 Å². The zero-order valence-electron chi connectivity index (χ0n) is 11.6. The van der Waals surface area contributed by atoms with Gasteiger partial charge >= 0.3 is 0 Å². The van der Waals surface area contributed by atoms with Crippen molar-refractivity contribution in [2.75, 3.05) is 12.4 Å². The molecule has 1 amide bonds. The summed E-state index contributed by atoms with van der Waals surface area (Å²) in [5.41, 5.74) is 2.26. The Bertz CT molecular complexity index is 638. The summed E-state index contributed by atoms with van der Waals surface area (Å²) in [6.07, 6.45) is 3.33. The van der Waals surface area contributed by atoms with Crippen LogP contribution in [0.25, 0.3) is 0 Å². The van der Waals surface area contributed by atoms with Crippen molar-refractivity contribution in [3.63, 3.8) is 0 Å². The highest BCUT2D eigenvalue weighted by Gasteiger charge is 2.12. The third-order valence-electron chi connectivity index (χ3n) is 2.91. The van der Waals surface area contributed by atoms with Crippen LogP contribution in [0.5, 0.6) is 0 Å². The van der Waals surface area contributed by atoms with Crippen LogP contribution in [0, 0.1) is 6.92 Å². The van der Waals surface area contributed by atoms with E-state index in [1.54, 1.807) is 17.8 Å². The first-order chi connectivity index (χ1) is 9.51. The van der Waals surface area contributed by atoms with Crippen LogP contribution in [0.1, 0.15) is 21.6 Å². The number of anilines is 1. The minimum absolute atomic E-state index is 0.239. The van der Waals surface area contributed by atoms with Gasteiger partial charge in [-0.1, -0.05) is 11.6 Å². The van der Waals surface area contributed by atoms with Gasteiger partial charge in [0.15, 0.2) is 0 Å². The Hall–Kier alpha value is -2.08. The molecule has 2 N–H and O–H groups in total. The molecule has 0 bridgehead atoms. The molecular weight excluding hydrogens is 278 g/mol. The summed E-state index contributed by atoms with van der Waals surface area (Å²) in [7, 11) is 3.58. The number of rotatable bonds is 4. The number of amides is 1. The fourth-order valence-electron chi connectivity index (χ4n) is 1.84. The number of carbonyl (C=O) groups is 1. The van der Waals surface area contributed by atoms with Crippen molar-refractivity contribution < 1.29 is 4.79 Å². The molecule has 0 aliphatic carbocycles. The SMILES string of the molecule is CNc1cc(C(=O)NCc2cn(C)nc2C)c(Cl)cn1. The van der Waals surface area contributed by atoms with Crippen molar-refractivity contribution >= 4 is 23.3 Å². The molecule has 0 saturated heterocycles. The monoisotopic (exact) mass is 293 g/mol. The number of aromatic nitrogens is 3. The Kier molecular flexibility index (Phi) is 4.24. The predicted octanol–water partition coefficient (Wildman–Crippen LogP) is 1.75. The second-order valence-electron chi connectivity index (χ2n) is 4.40. The first-order valence-electron chi connectivity index (χ1n) is 6.12. The summed E-state index contributed by atoms with van der Waals surface area (Å²) < 4.78 is 1.72. The van der Waals surface area contributed by atoms with Gasteiger partial charge in [0.05, 0.1) is 16.3 Å². The van der Waals surface area contributed by atoms with E-state index in [0.29, 0.717) is 22.9 Å². The molecule has 0 saturated carbocycles. The second kappa shape index (κ2) is 5.92. The standard InChI is InChI=1S/C13H16ClN5O/c1-8-9(7-19(3)18-8)5-17-13(20)10-4-12(15-2)16-6-11(10)14/h4,6-7H,5H2,1-3H3,(H,15,16)(H,17,20). The van der Waals surface area contributed by atoms with E-state index in [2.05, 4.69) is 20.7 Å². The van der Waals surface area contributed by atoms with Gasteiger partial charge in [-0.15, -0.1) is 0 Å². The fraction of sp³-hybridized carbons (Fsp3) is 0.308. The molecule has 0 aliphatic heterocycles. The Balaban J connectivity index is 2.10. The van der Waals surface area contributed by atoms with E-state index in [4.69, 9.17) is 11.6 Å². The number of pyridine rings is 1. The second-order valence-corrected chi connectivity index (χ2v) is 4.80. The van der Waals surface area contributed by atoms with Crippen molar-refractivity contribution in [1.82, 2.24) is 20.1 Å². The van der Waals surface area contributed by atoms with Crippen LogP contribution in [0.15, 0.2) is 18.5 Å². The summed E-state index contributed by atoms with van der Waals surface area (Å²) >= 11 is 6.00. The number of aryl methyl sites for hydroxylation is 2. The van der Waals surface area contributed by atoms with Crippen LogP contribution in [0.3, 0.4) is 0 Å². The number of halogens is 1. The maximum Gasteiger partial charge on any atom is 0.253 e. The van der Waals surface area contributed by atoms with Crippen molar-refractivity contribution in [2.45, 2.75) is 13.5 Å². The summed E-state index contributed by atoms with van der Waals surface area (Å²) in [5, 5.41) is 10.3. The van der Waals surface area contributed by atoms with Gasteiger partial charge in [0.25, 0.3) is 5.91 Å². The van der Waals surface area contributed by atoms with Crippen LogP contribution in [-0.2, 0) is 13.6 Å². The molecule has 0 spiro atoms. The van der Waals surface area contributed by atoms with E-state index in [0.717, 1.165) is 11.3 Å². The lowest BCUT2D eigenvalue weighted by Gasteiger charge is -2.07. The molecular formula is C13H16ClN5O. The van der Waals surface area contributed by atoms with Gasteiger partial charge in [0, 0.05) is 38.6 Å². The van der Waals surface area contributed by atoms with Gasteiger partial charge < -0.3 is 10.6 Å². The highest BCUT2D eigenvalue weighted by Crippen LogP contribution is 2.18. The average molecular weight is 294 g/mol. The van der Waals surface area contributed by atoms with Crippen LogP contribution in [0.2, 0.25) is 5.02 Å². The minimum Gasteiger partial charge on any atom is -0.373 e. The van der Waals surface area contributed by atoms with E-state index >= 15 is 0 Å². The van der Waals surface area contributed by atoms with E-state index in [1.165, 1.54) is 6.20 Å². The first-order valence-corrected chi connectivity index (χ1v) is 6.49. The van der Waals surface area contributed by atoms with Gasteiger partial charge in [-0.25, -0.2) is 4.98 Å². The Labute approximate surface area is 122 Å². The van der Waals surface area contributed by atoms with Crippen LogP contribution in [-0.4, -0.2) is 27.7 Å². The van der Waals surface area contributed by atoms with Gasteiger partial charge in [0.1, 0.15) is 5.82 Å². The minimum atomic E-state index is -0.239. The summed E-state index contributed by atoms with van der Waals surface area (Å²) in [6, 6.07) is 1.62. The Morgan fingerprint density at radius 1 is 1.50 bits per heavy atom. The lowest BCUT2D eigenvalue weighted by molar-refractivity contribution is 0.0951. The van der Waals surface area contributed by atoms with Crippen molar-refractivity contribution in [3.8, 4) is 0 Å². The lowest BCUT2D eigenvalue weighted by atomic mass is 10.2. The topological polar surface area (TPSA) is 71.8 Å². The van der Waals surface area contributed by atoms with E-state index in [9.17, 15) is 4.79 Å². The third-order valence-corrected chi connectivity index (χ3v) is 3.21. The molecule has 2 aromatic heterocycles. The van der Waals surface area contributed by atoms with Crippen molar-refractivity contribution in [3.05, 3.63) is 40.3 Å². The molecule has 106 valence electrons. The normalized spacial score (nSPS) is 10.4. The average Bonchev–Trinajstić information content (AvgIpc) is 2.75. The zero-order chi connectivity index (χ0) is 14.7. The summed E-state index contributed by atoms with van der Waals surface area (Å²) in [5.74, 6) is 0.356. The highest BCUT2D eigenvalue weighted by molar-refractivity contribution is 6.33. The number of nitrogens with one attached hydrogen (secondary N) is 2. The van der Waals surface area contributed by atoms with Gasteiger partial charge in [-0.2, -0.15) is 5.10 Å². The van der Waals surface area contributed by atoms with Crippen LogP contribution < -0.4 is 10.6 Å². The molecule has 0 radical (unpaired) electrons. The summed E-state index contributed by atoms with van der Waals surface area (Å²) in [6.45, 7) is 2.31. The molecule has 0 aliphatic rings. The molecule has 2 rings (SSSR count).